The zero-order valence-electron chi connectivity index (χ0n) is 16.5. The summed E-state index contributed by atoms with van der Waals surface area (Å²) >= 11 is 1.55. The molecule has 2 aromatic heterocycles. The van der Waals surface area contributed by atoms with Crippen LogP contribution in [0.25, 0.3) is 22.0 Å². The molecule has 0 aliphatic carbocycles. The lowest BCUT2D eigenvalue weighted by molar-refractivity contribution is -0.115. The van der Waals surface area contributed by atoms with Crippen molar-refractivity contribution in [3.8, 4) is 22.0 Å². The summed E-state index contributed by atoms with van der Waals surface area (Å²) in [5.41, 5.74) is 5.43. The highest BCUT2D eigenvalue weighted by Crippen LogP contribution is 2.26. The molecular formula is C23H21N3O2S. The summed E-state index contributed by atoms with van der Waals surface area (Å²) in [6, 6.07) is 15.7. The molecule has 0 aliphatic rings. The monoisotopic (exact) mass is 403 g/mol. The third-order valence-corrected chi connectivity index (χ3v) is 5.55. The summed E-state index contributed by atoms with van der Waals surface area (Å²) in [4.78, 5) is 21.5. The van der Waals surface area contributed by atoms with Gasteiger partial charge in [-0.2, -0.15) is 0 Å². The zero-order chi connectivity index (χ0) is 20.4. The van der Waals surface area contributed by atoms with Crippen LogP contribution in [0, 0.1) is 20.8 Å². The largest absolute Gasteiger partial charge is 0.441 e. The number of carbonyl (C=O) groups excluding carboxylic acids is 1. The molecule has 2 heterocycles. The van der Waals surface area contributed by atoms with Gasteiger partial charge in [0.15, 0.2) is 0 Å². The molecule has 0 radical (unpaired) electrons. The molecule has 1 N–H and O–H groups in total. The Labute approximate surface area is 173 Å². The second-order valence-corrected chi connectivity index (χ2v) is 7.83. The number of carbonyl (C=O) groups is 1. The summed E-state index contributed by atoms with van der Waals surface area (Å²) in [6.45, 7) is 5.85. The van der Waals surface area contributed by atoms with E-state index in [0.717, 1.165) is 33.3 Å². The lowest BCUT2D eigenvalue weighted by Gasteiger charge is -2.05. The van der Waals surface area contributed by atoms with Gasteiger partial charge in [0, 0.05) is 22.2 Å². The number of aromatic nitrogens is 2. The predicted octanol–water partition coefficient (Wildman–Crippen LogP) is 5.57. The fraction of sp³-hybridized carbons (Fsp3) is 0.174. The molecule has 146 valence electrons. The van der Waals surface area contributed by atoms with Crippen molar-refractivity contribution in [1.82, 2.24) is 9.97 Å². The van der Waals surface area contributed by atoms with E-state index >= 15 is 0 Å². The van der Waals surface area contributed by atoms with E-state index in [1.807, 2.05) is 43.5 Å². The minimum Gasteiger partial charge on any atom is -0.441 e. The standard InChI is InChI=1S/C23H21N3O2S/c1-14-7-9-17(10-8-14)23-26-20(13-29-23)12-21(27)25-19-6-4-5-18(11-19)22-24-15(2)16(3)28-22/h4-11,13H,12H2,1-3H3,(H,25,27). The SMILES string of the molecule is Cc1ccc(-c2nc(CC(=O)Nc3cccc(-c4nc(C)c(C)o4)c3)cs2)cc1. The van der Waals surface area contributed by atoms with Crippen molar-refractivity contribution < 1.29 is 9.21 Å². The van der Waals surface area contributed by atoms with E-state index in [-0.39, 0.29) is 12.3 Å². The molecule has 6 heteroatoms. The Morgan fingerprint density at radius 3 is 2.55 bits per heavy atom. The van der Waals surface area contributed by atoms with Gasteiger partial charge in [0.05, 0.1) is 17.8 Å². The average molecular weight is 404 g/mol. The predicted molar refractivity (Wildman–Crippen MR) is 116 cm³/mol. The molecule has 0 unspecified atom stereocenters. The topological polar surface area (TPSA) is 68.0 Å². The van der Waals surface area contributed by atoms with Gasteiger partial charge in [0.1, 0.15) is 10.8 Å². The molecule has 0 spiro atoms. The molecule has 0 saturated carbocycles. The van der Waals surface area contributed by atoms with E-state index in [0.29, 0.717) is 11.6 Å². The highest BCUT2D eigenvalue weighted by atomic mass is 32.1. The number of hydrogen-bond donors (Lipinski definition) is 1. The summed E-state index contributed by atoms with van der Waals surface area (Å²) in [5, 5.41) is 5.79. The third-order valence-electron chi connectivity index (χ3n) is 4.61. The maximum absolute atomic E-state index is 12.5. The molecule has 0 saturated heterocycles. The van der Waals surface area contributed by atoms with Gasteiger partial charge >= 0.3 is 0 Å². The molecule has 4 aromatic rings. The van der Waals surface area contributed by atoms with Gasteiger partial charge in [0.25, 0.3) is 0 Å². The number of benzene rings is 2. The molecule has 0 atom stereocenters. The normalized spacial score (nSPS) is 10.9. The van der Waals surface area contributed by atoms with E-state index < -0.39 is 0 Å². The van der Waals surface area contributed by atoms with Crippen LogP contribution in [0.3, 0.4) is 0 Å². The van der Waals surface area contributed by atoms with E-state index in [1.54, 1.807) is 11.3 Å². The van der Waals surface area contributed by atoms with Crippen molar-refractivity contribution >= 4 is 22.9 Å². The Morgan fingerprint density at radius 2 is 1.83 bits per heavy atom. The summed E-state index contributed by atoms with van der Waals surface area (Å²) in [5.74, 6) is 1.24. The molecular weight excluding hydrogens is 382 g/mol. The number of oxazole rings is 1. The highest BCUT2D eigenvalue weighted by molar-refractivity contribution is 7.13. The Morgan fingerprint density at radius 1 is 1.03 bits per heavy atom. The molecule has 5 nitrogen and oxygen atoms in total. The lowest BCUT2D eigenvalue weighted by Crippen LogP contribution is -2.14. The minimum atomic E-state index is -0.109. The van der Waals surface area contributed by atoms with Crippen LogP contribution in [0.1, 0.15) is 22.7 Å². The molecule has 0 fully saturated rings. The van der Waals surface area contributed by atoms with Gasteiger partial charge in [-0.25, -0.2) is 9.97 Å². The first-order valence-electron chi connectivity index (χ1n) is 9.34. The van der Waals surface area contributed by atoms with Gasteiger partial charge in [0.2, 0.25) is 11.8 Å². The van der Waals surface area contributed by atoms with Crippen LogP contribution in [0.15, 0.2) is 58.3 Å². The van der Waals surface area contributed by atoms with E-state index in [4.69, 9.17) is 4.42 Å². The smallest absolute Gasteiger partial charge is 0.230 e. The number of amides is 1. The number of aryl methyl sites for hydroxylation is 3. The zero-order valence-corrected chi connectivity index (χ0v) is 17.3. The Balaban J connectivity index is 1.44. The number of hydrogen-bond acceptors (Lipinski definition) is 5. The van der Waals surface area contributed by atoms with Crippen LogP contribution in [0.4, 0.5) is 5.69 Å². The third kappa shape index (κ3) is 4.43. The Bertz CT molecular complexity index is 1140. The van der Waals surface area contributed by atoms with Crippen LogP contribution >= 0.6 is 11.3 Å². The van der Waals surface area contributed by atoms with E-state index in [2.05, 4.69) is 46.5 Å². The second-order valence-electron chi connectivity index (χ2n) is 6.98. The quantitative estimate of drug-likeness (QED) is 0.473. The first-order chi connectivity index (χ1) is 14.0. The number of nitrogens with zero attached hydrogens (tertiary/aromatic N) is 2. The average Bonchev–Trinajstić information content (AvgIpc) is 3.29. The van der Waals surface area contributed by atoms with E-state index in [1.165, 1.54) is 5.56 Å². The second kappa shape index (κ2) is 8.01. The van der Waals surface area contributed by atoms with Crippen molar-refractivity contribution in [3.05, 3.63) is 76.6 Å². The van der Waals surface area contributed by atoms with Crippen LogP contribution in [0.5, 0.6) is 0 Å². The molecule has 29 heavy (non-hydrogen) atoms. The summed E-state index contributed by atoms with van der Waals surface area (Å²) < 4.78 is 5.68. The molecule has 2 aromatic carbocycles. The van der Waals surface area contributed by atoms with Gasteiger partial charge in [-0.1, -0.05) is 35.9 Å². The van der Waals surface area contributed by atoms with E-state index in [9.17, 15) is 4.79 Å². The number of nitrogens with one attached hydrogen (secondary N) is 1. The number of anilines is 1. The molecule has 0 bridgehead atoms. The van der Waals surface area contributed by atoms with Gasteiger partial charge in [-0.3, -0.25) is 4.79 Å². The van der Waals surface area contributed by atoms with Crippen LogP contribution < -0.4 is 5.32 Å². The Kier molecular flexibility index (Phi) is 5.27. The van der Waals surface area contributed by atoms with Crippen molar-refractivity contribution in [1.29, 1.82) is 0 Å². The maximum Gasteiger partial charge on any atom is 0.230 e. The first-order valence-corrected chi connectivity index (χ1v) is 10.2. The van der Waals surface area contributed by atoms with Gasteiger partial charge in [-0.15, -0.1) is 11.3 Å². The number of thiazole rings is 1. The van der Waals surface area contributed by atoms with Gasteiger partial charge < -0.3 is 9.73 Å². The maximum atomic E-state index is 12.5. The summed E-state index contributed by atoms with van der Waals surface area (Å²) in [6.07, 6.45) is 0.226. The fourth-order valence-corrected chi connectivity index (χ4v) is 3.74. The van der Waals surface area contributed by atoms with Crippen molar-refractivity contribution in [2.24, 2.45) is 0 Å². The van der Waals surface area contributed by atoms with Crippen molar-refractivity contribution in [2.45, 2.75) is 27.2 Å². The highest BCUT2D eigenvalue weighted by Gasteiger charge is 2.12. The molecule has 4 rings (SSSR count). The minimum absolute atomic E-state index is 0.109. The Hall–Kier alpha value is -3.25. The van der Waals surface area contributed by atoms with Crippen molar-refractivity contribution in [3.63, 3.8) is 0 Å². The fourth-order valence-electron chi connectivity index (χ4n) is 2.91. The van der Waals surface area contributed by atoms with Gasteiger partial charge in [-0.05, 0) is 39.0 Å². The van der Waals surface area contributed by atoms with Crippen LogP contribution in [-0.4, -0.2) is 15.9 Å². The molecule has 0 aliphatic heterocycles. The summed E-state index contributed by atoms with van der Waals surface area (Å²) in [7, 11) is 0. The van der Waals surface area contributed by atoms with Crippen molar-refractivity contribution in [2.75, 3.05) is 5.32 Å². The lowest BCUT2D eigenvalue weighted by atomic mass is 10.2. The van der Waals surface area contributed by atoms with Crippen LogP contribution in [0.2, 0.25) is 0 Å². The number of rotatable bonds is 5. The van der Waals surface area contributed by atoms with Crippen LogP contribution in [-0.2, 0) is 11.2 Å². The molecule has 1 amide bonds. The first kappa shape index (κ1) is 19.1.